The van der Waals surface area contributed by atoms with E-state index in [4.69, 9.17) is 42.6 Å². The minimum absolute atomic E-state index is 0.301. The highest BCUT2D eigenvalue weighted by Crippen LogP contribution is 2.32. The number of rotatable bonds is 36. The maximum Gasteiger partial charge on any atom is 0.343 e. The summed E-state index contributed by atoms with van der Waals surface area (Å²) in [4.78, 5) is 60.7. The average Bonchev–Trinajstić information content (AvgIpc) is 3.47. The Morgan fingerprint density at radius 3 is 1.41 bits per heavy atom. The minimum Gasteiger partial charge on any atom is -0.494 e. The molecule has 0 N–H and O–H groups in total. The number of hydrogen-bond donors (Lipinski definition) is 0. The lowest BCUT2D eigenvalue weighted by molar-refractivity contribution is -0.138. The zero-order valence-electron chi connectivity index (χ0n) is 45.3. The molecule has 0 saturated heterocycles. The molecule has 0 amide bonds. The van der Waals surface area contributed by atoms with Gasteiger partial charge in [0.2, 0.25) is 0 Å². The summed E-state index contributed by atoms with van der Waals surface area (Å²) in [6.45, 7) is 15.1. The number of benzene rings is 6. The molecule has 0 atom stereocenters. The Balaban J connectivity index is 0.994. The Kier molecular flexibility index (Phi) is 25.0. The first-order valence-corrected chi connectivity index (χ1v) is 27.2. The number of unbranched alkanes of at least 4 members (excludes halogenated alkanes) is 9. The van der Waals surface area contributed by atoms with E-state index in [0.717, 1.165) is 140 Å². The maximum absolute atomic E-state index is 13.6. The Labute approximate surface area is 463 Å². The van der Waals surface area contributed by atoms with E-state index in [9.17, 15) is 24.0 Å². The maximum atomic E-state index is 13.6. The van der Waals surface area contributed by atoms with Crippen LogP contribution < -0.4 is 28.4 Å². The number of carbonyl (C=O) groups excluding carboxylic acids is 5. The van der Waals surface area contributed by atoms with E-state index in [1.807, 2.05) is 72.8 Å². The third-order valence-corrected chi connectivity index (χ3v) is 12.6. The second kappa shape index (κ2) is 33.0. The van der Waals surface area contributed by atoms with Crippen molar-refractivity contribution >= 4 is 51.4 Å². The van der Waals surface area contributed by atoms with Crippen LogP contribution in [0.5, 0.6) is 34.5 Å². The summed E-state index contributed by atoms with van der Waals surface area (Å²) in [5.41, 5.74) is 2.60. The van der Waals surface area contributed by atoms with Crippen LogP contribution in [0.25, 0.3) is 21.5 Å². The summed E-state index contributed by atoms with van der Waals surface area (Å²) in [6, 6.07) is 33.1. The number of carbonyl (C=O) groups is 5. The molecule has 79 heavy (non-hydrogen) atoms. The summed E-state index contributed by atoms with van der Waals surface area (Å²) < 4.78 is 51.5. The Hall–Kier alpha value is -8.39. The highest BCUT2D eigenvalue weighted by atomic mass is 16.6. The van der Waals surface area contributed by atoms with E-state index in [0.29, 0.717) is 86.1 Å². The SMILES string of the molecule is C=CC(=O)OCCCCCCOc1ccc2cc(C(=O)Oc3ccc(OCc4ccc5cc(OC(=O)c6ccc(OCCCCCCOC(=O)C=C)c(OCCCCCCOC(=O)C=C)c6)ccc5c4)c(CCC)c3)ccc2c1. The van der Waals surface area contributed by atoms with Crippen molar-refractivity contribution in [2.24, 2.45) is 0 Å². The first-order valence-electron chi connectivity index (χ1n) is 27.2. The van der Waals surface area contributed by atoms with Gasteiger partial charge >= 0.3 is 29.8 Å². The van der Waals surface area contributed by atoms with Crippen LogP contribution in [0, 0.1) is 0 Å². The van der Waals surface area contributed by atoms with Gasteiger partial charge in [0.25, 0.3) is 0 Å². The van der Waals surface area contributed by atoms with Crippen molar-refractivity contribution in [2.75, 3.05) is 39.6 Å². The summed E-state index contributed by atoms with van der Waals surface area (Å²) >= 11 is 0. The van der Waals surface area contributed by atoms with E-state index in [1.54, 1.807) is 36.4 Å². The van der Waals surface area contributed by atoms with Crippen molar-refractivity contribution < 1.29 is 66.6 Å². The lowest BCUT2D eigenvalue weighted by atomic mass is 10.1. The van der Waals surface area contributed by atoms with Gasteiger partial charge < -0.3 is 42.6 Å². The molecule has 0 radical (unpaired) electrons. The van der Waals surface area contributed by atoms with Crippen molar-refractivity contribution in [1.29, 1.82) is 0 Å². The Bertz CT molecular complexity index is 3010. The fourth-order valence-electron chi connectivity index (χ4n) is 8.37. The van der Waals surface area contributed by atoms with E-state index in [2.05, 4.69) is 26.7 Å². The minimum atomic E-state index is -0.548. The smallest absolute Gasteiger partial charge is 0.343 e. The summed E-state index contributed by atoms with van der Waals surface area (Å²) in [6.07, 6.45) is 15.1. The van der Waals surface area contributed by atoms with Crippen molar-refractivity contribution in [3.63, 3.8) is 0 Å². The van der Waals surface area contributed by atoms with Crippen LogP contribution in [0.1, 0.15) is 122 Å². The molecule has 6 aromatic carbocycles. The monoisotopic (exact) mass is 1080 g/mol. The molecule has 416 valence electrons. The number of ether oxygens (including phenoxy) is 9. The van der Waals surface area contributed by atoms with Crippen molar-refractivity contribution in [3.8, 4) is 34.5 Å². The summed E-state index contributed by atoms with van der Waals surface area (Å²) in [5.74, 6) is 0.945. The molecular formula is C65H72O14. The van der Waals surface area contributed by atoms with Crippen LogP contribution in [0.4, 0.5) is 0 Å². The van der Waals surface area contributed by atoms with E-state index in [-0.39, 0.29) is 0 Å². The Morgan fingerprint density at radius 2 is 0.823 bits per heavy atom. The van der Waals surface area contributed by atoms with Crippen LogP contribution >= 0.6 is 0 Å². The van der Waals surface area contributed by atoms with Crippen LogP contribution in [0.2, 0.25) is 0 Å². The standard InChI is InChI=1S/C65H72O14/c1-5-21-52-44-57(79-64(69)53-25-24-51-42-55(29-26-49(51)41-53)71-34-15-9-12-18-37-74-61(66)6-2)31-33-58(52)77-46-47-22-23-50-43-56(30-27-48(50)40-47)78-65(70)54-28-32-59(72-35-16-10-13-19-38-75-62(67)7-3)60(45-54)73-36-17-11-14-20-39-76-63(68)8-4/h6-8,22-33,40-45H,2-5,9-21,34-39,46H2,1H3. The normalized spacial score (nSPS) is 10.8. The second-order valence-corrected chi connectivity index (χ2v) is 18.7. The van der Waals surface area contributed by atoms with Gasteiger partial charge in [-0.05, 0) is 195 Å². The largest absolute Gasteiger partial charge is 0.494 e. The predicted octanol–water partition coefficient (Wildman–Crippen LogP) is 14.0. The van der Waals surface area contributed by atoms with Gasteiger partial charge in [0, 0.05) is 18.2 Å². The quantitative estimate of drug-likeness (QED) is 0.0120. The van der Waals surface area contributed by atoms with Crippen molar-refractivity contribution in [3.05, 3.63) is 169 Å². The van der Waals surface area contributed by atoms with E-state index < -0.39 is 29.8 Å². The first-order chi connectivity index (χ1) is 38.5. The van der Waals surface area contributed by atoms with E-state index >= 15 is 0 Å². The average molecular weight is 1080 g/mol. The van der Waals surface area contributed by atoms with Gasteiger partial charge in [-0.3, -0.25) is 0 Å². The highest BCUT2D eigenvalue weighted by molar-refractivity contribution is 5.97. The van der Waals surface area contributed by atoms with Crippen LogP contribution in [0.3, 0.4) is 0 Å². The van der Waals surface area contributed by atoms with Gasteiger partial charge in [0.1, 0.15) is 29.6 Å². The predicted molar refractivity (Wildman–Crippen MR) is 304 cm³/mol. The molecule has 14 heteroatoms. The number of esters is 5. The topological polar surface area (TPSA) is 168 Å². The lowest BCUT2D eigenvalue weighted by Gasteiger charge is -2.15. The third kappa shape index (κ3) is 20.5. The number of hydrogen-bond acceptors (Lipinski definition) is 14. The third-order valence-electron chi connectivity index (χ3n) is 12.6. The molecule has 6 aromatic rings. The fourth-order valence-corrected chi connectivity index (χ4v) is 8.37. The van der Waals surface area contributed by atoms with Crippen molar-refractivity contribution in [1.82, 2.24) is 0 Å². The van der Waals surface area contributed by atoms with Crippen LogP contribution in [-0.4, -0.2) is 69.5 Å². The van der Waals surface area contributed by atoms with Crippen LogP contribution in [0.15, 0.2) is 147 Å². The molecule has 0 spiro atoms. The number of aryl methyl sites for hydroxylation is 1. The zero-order valence-corrected chi connectivity index (χ0v) is 45.3. The molecule has 0 aliphatic rings. The molecule has 0 aliphatic heterocycles. The van der Waals surface area contributed by atoms with Gasteiger partial charge in [-0.15, -0.1) is 0 Å². The number of fused-ring (bicyclic) bond motifs is 2. The molecule has 14 nitrogen and oxygen atoms in total. The highest BCUT2D eigenvalue weighted by Gasteiger charge is 2.17. The zero-order chi connectivity index (χ0) is 56.0. The van der Waals surface area contributed by atoms with Gasteiger partial charge in [0.05, 0.1) is 50.8 Å². The molecule has 0 heterocycles. The Morgan fingerprint density at radius 1 is 0.392 bits per heavy atom. The summed E-state index contributed by atoms with van der Waals surface area (Å²) in [5, 5.41) is 3.65. The molecule has 0 aliphatic carbocycles. The van der Waals surface area contributed by atoms with Gasteiger partial charge in [-0.2, -0.15) is 0 Å². The lowest BCUT2D eigenvalue weighted by Crippen LogP contribution is -2.10. The molecule has 6 rings (SSSR count). The first kappa shape index (κ1) is 59.8. The molecule has 0 unspecified atom stereocenters. The molecule has 0 saturated carbocycles. The molecular weight excluding hydrogens is 1000 g/mol. The fraction of sp³-hybridized carbons (Fsp3) is 0.338. The van der Waals surface area contributed by atoms with Crippen LogP contribution in [-0.2, 0) is 41.6 Å². The van der Waals surface area contributed by atoms with Gasteiger partial charge in [-0.1, -0.05) is 63.4 Å². The van der Waals surface area contributed by atoms with Crippen molar-refractivity contribution in [2.45, 2.75) is 103 Å². The van der Waals surface area contributed by atoms with Gasteiger partial charge in [0.15, 0.2) is 11.5 Å². The molecule has 0 aromatic heterocycles. The van der Waals surface area contributed by atoms with Gasteiger partial charge in [-0.25, -0.2) is 24.0 Å². The molecule has 0 bridgehead atoms. The van der Waals surface area contributed by atoms with E-state index in [1.165, 1.54) is 6.08 Å². The second-order valence-electron chi connectivity index (χ2n) is 18.7. The summed E-state index contributed by atoms with van der Waals surface area (Å²) in [7, 11) is 0. The molecule has 0 fully saturated rings.